The van der Waals surface area contributed by atoms with Crippen molar-refractivity contribution in [2.75, 3.05) is 32.8 Å². The summed E-state index contributed by atoms with van der Waals surface area (Å²) in [4.78, 5) is 15.7. The summed E-state index contributed by atoms with van der Waals surface area (Å²) in [6.07, 6.45) is -0.295. The number of phenols is 1. The van der Waals surface area contributed by atoms with E-state index in [2.05, 4.69) is 10.1 Å². The predicted octanol–water partition coefficient (Wildman–Crippen LogP) is 3.61. The number of aromatic hydroxyl groups is 1. The fraction of sp³-hybridized carbons (Fsp3) is 0.333. The second-order valence-corrected chi connectivity index (χ2v) is 6.94. The highest BCUT2D eigenvalue weighted by Crippen LogP contribution is 2.34. The molecule has 4 rings (SSSR count). The van der Waals surface area contributed by atoms with E-state index in [4.69, 9.17) is 9.26 Å². The van der Waals surface area contributed by atoms with Gasteiger partial charge in [0.05, 0.1) is 17.6 Å². The Morgan fingerprint density at radius 1 is 1.17 bits per heavy atom. The molecular formula is C21H22FN3O4. The molecule has 1 aromatic heterocycles. The van der Waals surface area contributed by atoms with E-state index in [0.29, 0.717) is 56.2 Å². The van der Waals surface area contributed by atoms with Crippen molar-refractivity contribution in [3.63, 3.8) is 0 Å². The zero-order chi connectivity index (χ0) is 20.4. The van der Waals surface area contributed by atoms with Crippen LogP contribution in [0.25, 0.3) is 22.2 Å². The van der Waals surface area contributed by atoms with Gasteiger partial charge in [0.2, 0.25) is 0 Å². The average molecular weight is 399 g/mol. The number of ether oxygens (including phenoxy) is 1. The Kier molecular flexibility index (Phi) is 5.35. The van der Waals surface area contributed by atoms with Crippen LogP contribution < -0.4 is 0 Å². The molecule has 1 aliphatic rings. The number of carbonyl (C=O) groups excluding carboxylic acids is 1. The van der Waals surface area contributed by atoms with Crippen molar-refractivity contribution < 1.29 is 23.6 Å². The summed E-state index contributed by atoms with van der Waals surface area (Å²) in [7, 11) is 0. The molecule has 1 saturated heterocycles. The molecule has 8 heteroatoms. The minimum atomic E-state index is -0.318. The second-order valence-electron chi connectivity index (χ2n) is 6.94. The van der Waals surface area contributed by atoms with E-state index in [-0.39, 0.29) is 17.7 Å². The minimum absolute atomic E-state index is 0.132. The smallest absolute Gasteiger partial charge is 0.409 e. The molecule has 2 heterocycles. The van der Waals surface area contributed by atoms with Crippen LogP contribution in [0.1, 0.15) is 12.5 Å². The first-order valence-corrected chi connectivity index (χ1v) is 9.57. The van der Waals surface area contributed by atoms with Gasteiger partial charge in [-0.2, -0.15) is 0 Å². The second kappa shape index (κ2) is 8.08. The molecule has 7 nitrogen and oxygen atoms in total. The summed E-state index contributed by atoms with van der Waals surface area (Å²) in [6, 6.07) is 9.42. The van der Waals surface area contributed by atoms with Crippen LogP contribution in [0.5, 0.6) is 5.75 Å². The number of aromatic nitrogens is 1. The minimum Gasteiger partial charge on any atom is -0.507 e. The molecule has 0 radical (unpaired) electrons. The number of carbonyl (C=O) groups is 1. The Hall–Kier alpha value is -3.13. The summed E-state index contributed by atoms with van der Waals surface area (Å²) in [5.74, 6) is -0.186. The third kappa shape index (κ3) is 3.88. The van der Waals surface area contributed by atoms with E-state index < -0.39 is 0 Å². The topological polar surface area (TPSA) is 79.0 Å². The zero-order valence-corrected chi connectivity index (χ0v) is 16.1. The van der Waals surface area contributed by atoms with Crippen molar-refractivity contribution in [3.05, 3.63) is 47.8 Å². The van der Waals surface area contributed by atoms with Gasteiger partial charge in [-0.3, -0.25) is 4.90 Å². The van der Waals surface area contributed by atoms with E-state index in [1.165, 1.54) is 12.1 Å². The molecule has 0 bridgehead atoms. The summed E-state index contributed by atoms with van der Waals surface area (Å²) in [5.41, 5.74) is 2.50. The van der Waals surface area contributed by atoms with Gasteiger partial charge in [-0.05, 0) is 43.3 Å². The normalized spacial score (nSPS) is 15.0. The molecule has 0 atom stereocenters. The monoisotopic (exact) mass is 399 g/mol. The number of nitrogens with zero attached hydrogens (tertiary/aromatic N) is 3. The highest BCUT2D eigenvalue weighted by atomic mass is 19.1. The lowest BCUT2D eigenvalue weighted by atomic mass is 10.0. The van der Waals surface area contributed by atoms with Crippen LogP contribution in [0.15, 0.2) is 40.9 Å². The van der Waals surface area contributed by atoms with Crippen molar-refractivity contribution in [2.45, 2.75) is 13.5 Å². The van der Waals surface area contributed by atoms with Crippen molar-refractivity contribution in [1.29, 1.82) is 0 Å². The molecule has 1 amide bonds. The van der Waals surface area contributed by atoms with Gasteiger partial charge < -0.3 is 19.3 Å². The van der Waals surface area contributed by atoms with Gasteiger partial charge in [0.1, 0.15) is 17.3 Å². The van der Waals surface area contributed by atoms with E-state index >= 15 is 0 Å². The molecule has 0 saturated carbocycles. The van der Waals surface area contributed by atoms with Gasteiger partial charge in [0.15, 0.2) is 5.58 Å². The van der Waals surface area contributed by atoms with Crippen LogP contribution in [-0.4, -0.2) is 58.9 Å². The highest BCUT2D eigenvalue weighted by molar-refractivity contribution is 5.94. The van der Waals surface area contributed by atoms with Gasteiger partial charge in [-0.15, -0.1) is 0 Å². The summed E-state index contributed by atoms with van der Waals surface area (Å²) in [6.45, 7) is 5.06. The van der Waals surface area contributed by atoms with Crippen LogP contribution in [0.3, 0.4) is 0 Å². The lowest BCUT2D eigenvalue weighted by Gasteiger charge is -2.34. The third-order valence-corrected chi connectivity index (χ3v) is 5.12. The molecule has 1 fully saturated rings. The van der Waals surface area contributed by atoms with E-state index in [9.17, 15) is 14.3 Å². The van der Waals surface area contributed by atoms with Crippen molar-refractivity contribution in [2.24, 2.45) is 0 Å². The number of amides is 1. The third-order valence-electron chi connectivity index (χ3n) is 5.12. The van der Waals surface area contributed by atoms with Gasteiger partial charge in [-0.25, -0.2) is 9.18 Å². The molecule has 1 N–H and O–H groups in total. The fourth-order valence-corrected chi connectivity index (χ4v) is 3.54. The van der Waals surface area contributed by atoms with Gasteiger partial charge in [0.25, 0.3) is 0 Å². The van der Waals surface area contributed by atoms with Crippen molar-refractivity contribution in [3.8, 4) is 17.0 Å². The summed E-state index contributed by atoms with van der Waals surface area (Å²) >= 11 is 0. The van der Waals surface area contributed by atoms with Crippen LogP contribution in [0.4, 0.5) is 9.18 Å². The van der Waals surface area contributed by atoms with Gasteiger partial charge >= 0.3 is 6.09 Å². The summed E-state index contributed by atoms with van der Waals surface area (Å²) < 4.78 is 23.8. The number of rotatable bonds is 4. The Morgan fingerprint density at radius 2 is 1.90 bits per heavy atom. The largest absolute Gasteiger partial charge is 0.507 e. The van der Waals surface area contributed by atoms with Crippen molar-refractivity contribution >= 4 is 17.1 Å². The first-order chi connectivity index (χ1) is 14.1. The van der Waals surface area contributed by atoms with E-state index in [1.54, 1.807) is 36.1 Å². The standard InChI is InChI=1S/C21H22FN3O4/c1-2-28-21(27)25-11-9-24(10-12-25)13-17-18(26)8-7-16-19(23-29-20(16)17)14-3-5-15(22)6-4-14/h3-8,26H,2,9-13H2,1H3. The number of piperazine rings is 1. The van der Waals surface area contributed by atoms with Gasteiger partial charge in [0, 0.05) is 38.3 Å². The number of benzene rings is 2. The first-order valence-electron chi connectivity index (χ1n) is 9.57. The number of halogens is 1. The SMILES string of the molecule is CCOC(=O)N1CCN(Cc2c(O)ccc3c(-c4ccc(F)cc4)noc23)CC1. The number of phenolic OH excluding ortho intramolecular Hbond substituents is 1. The molecule has 29 heavy (non-hydrogen) atoms. The lowest BCUT2D eigenvalue weighted by Crippen LogP contribution is -2.48. The summed E-state index contributed by atoms with van der Waals surface area (Å²) in [5, 5.41) is 15.3. The highest BCUT2D eigenvalue weighted by Gasteiger charge is 2.24. The maximum atomic E-state index is 13.2. The Morgan fingerprint density at radius 3 is 2.59 bits per heavy atom. The average Bonchev–Trinajstić information content (AvgIpc) is 3.16. The molecule has 0 unspecified atom stereocenters. The maximum absolute atomic E-state index is 13.2. The number of hydrogen-bond donors (Lipinski definition) is 1. The quantitative estimate of drug-likeness (QED) is 0.722. The van der Waals surface area contributed by atoms with Crippen LogP contribution in [-0.2, 0) is 11.3 Å². The van der Waals surface area contributed by atoms with Crippen LogP contribution in [0, 0.1) is 5.82 Å². The molecule has 152 valence electrons. The predicted molar refractivity (Wildman–Crippen MR) is 105 cm³/mol. The van der Waals surface area contributed by atoms with Crippen LogP contribution in [0.2, 0.25) is 0 Å². The van der Waals surface area contributed by atoms with E-state index in [1.807, 2.05) is 0 Å². The van der Waals surface area contributed by atoms with Crippen LogP contribution >= 0.6 is 0 Å². The first kappa shape index (κ1) is 19.2. The van der Waals surface area contributed by atoms with Crippen molar-refractivity contribution in [1.82, 2.24) is 15.0 Å². The fourth-order valence-electron chi connectivity index (χ4n) is 3.54. The Balaban J connectivity index is 1.55. The molecule has 0 spiro atoms. The molecule has 0 aliphatic carbocycles. The molecule has 1 aliphatic heterocycles. The van der Waals surface area contributed by atoms with Gasteiger partial charge in [-0.1, -0.05) is 5.16 Å². The maximum Gasteiger partial charge on any atom is 0.409 e. The lowest BCUT2D eigenvalue weighted by molar-refractivity contribution is 0.0776. The number of fused-ring (bicyclic) bond motifs is 1. The Labute approximate surface area is 167 Å². The molecule has 2 aromatic carbocycles. The van der Waals surface area contributed by atoms with E-state index in [0.717, 1.165) is 10.9 Å². The Bertz CT molecular complexity index is 1010. The molecule has 3 aromatic rings. The molecular weight excluding hydrogens is 377 g/mol. The number of hydrogen-bond acceptors (Lipinski definition) is 6. The zero-order valence-electron chi connectivity index (χ0n) is 16.1.